The molecule has 1 aliphatic heterocycles. The minimum absolute atomic E-state index is 0.822. The number of likely N-dealkylation sites (tertiary alicyclic amines) is 1. The van der Waals surface area contributed by atoms with Gasteiger partial charge in [-0.3, -0.25) is 4.90 Å². The van der Waals surface area contributed by atoms with Gasteiger partial charge in [0.05, 0.1) is 0 Å². The fourth-order valence-electron chi connectivity index (χ4n) is 2.55. The van der Waals surface area contributed by atoms with Crippen LogP contribution in [0.3, 0.4) is 0 Å². The van der Waals surface area contributed by atoms with Crippen LogP contribution in [0.4, 0.5) is 0 Å². The van der Waals surface area contributed by atoms with Crippen LogP contribution >= 0.6 is 11.6 Å². The molecule has 100 valence electrons. The molecule has 1 heterocycles. The molecule has 0 aromatic heterocycles. The lowest BCUT2D eigenvalue weighted by Crippen LogP contribution is -2.36. The molecule has 0 amide bonds. The van der Waals surface area contributed by atoms with E-state index in [1.54, 1.807) is 0 Å². The second-order valence-corrected chi connectivity index (χ2v) is 5.59. The largest absolute Gasteiger partial charge is 0.317 e. The highest BCUT2D eigenvalue weighted by molar-refractivity contribution is 6.30. The van der Waals surface area contributed by atoms with Gasteiger partial charge < -0.3 is 5.32 Å². The normalized spacial score (nSPS) is 18.1. The fourth-order valence-corrected chi connectivity index (χ4v) is 2.67. The SMILES string of the molecule is CCNCC1CCN(Cc2ccc(Cl)cc2)CC1. The van der Waals surface area contributed by atoms with Crippen LogP contribution in [0.5, 0.6) is 0 Å². The van der Waals surface area contributed by atoms with E-state index in [0.717, 1.165) is 24.0 Å². The molecule has 18 heavy (non-hydrogen) atoms. The molecule has 1 N–H and O–H groups in total. The molecular formula is C15H23ClN2. The summed E-state index contributed by atoms with van der Waals surface area (Å²) in [4.78, 5) is 2.55. The standard InChI is InChI=1S/C15H23ClN2/c1-2-17-11-13-7-9-18(10-8-13)12-14-3-5-15(16)6-4-14/h3-6,13,17H,2,7-12H2,1H3. The summed E-state index contributed by atoms with van der Waals surface area (Å²) in [6, 6.07) is 8.23. The van der Waals surface area contributed by atoms with Crippen LogP contribution < -0.4 is 5.32 Å². The van der Waals surface area contributed by atoms with Crippen molar-refractivity contribution in [2.45, 2.75) is 26.3 Å². The predicted octanol–water partition coefficient (Wildman–Crippen LogP) is 3.16. The summed E-state index contributed by atoms with van der Waals surface area (Å²) in [6.45, 7) is 7.95. The van der Waals surface area contributed by atoms with Gasteiger partial charge in [-0.15, -0.1) is 0 Å². The average Bonchev–Trinajstić information content (AvgIpc) is 2.41. The van der Waals surface area contributed by atoms with Gasteiger partial charge in [0.2, 0.25) is 0 Å². The maximum absolute atomic E-state index is 5.90. The lowest BCUT2D eigenvalue weighted by Gasteiger charge is -2.32. The Morgan fingerprint density at radius 3 is 2.50 bits per heavy atom. The fraction of sp³-hybridized carbons (Fsp3) is 0.600. The van der Waals surface area contributed by atoms with Crippen LogP contribution in [-0.2, 0) is 6.54 Å². The molecule has 0 saturated carbocycles. The van der Waals surface area contributed by atoms with E-state index in [1.807, 2.05) is 12.1 Å². The Hall–Kier alpha value is -0.570. The minimum Gasteiger partial charge on any atom is -0.317 e. The van der Waals surface area contributed by atoms with E-state index in [9.17, 15) is 0 Å². The summed E-state index contributed by atoms with van der Waals surface area (Å²) in [5.41, 5.74) is 1.37. The molecule has 1 fully saturated rings. The van der Waals surface area contributed by atoms with Gasteiger partial charge in [-0.1, -0.05) is 30.7 Å². The molecule has 3 heteroatoms. The number of rotatable bonds is 5. The highest BCUT2D eigenvalue weighted by atomic mass is 35.5. The summed E-state index contributed by atoms with van der Waals surface area (Å²) in [5.74, 6) is 0.867. The van der Waals surface area contributed by atoms with E-state index in [2.05, 4.69) is 29.3 Å². The molecule has 1 saturated heterocycles. The maximum Gasteiger partial charge on any atom is 0.0406 e. The third kappa shape index (κ3) is 4.27. The van der Waals surface area contributed by atoms with Crippen LogP contribution in [-0.4, -0.2) is 31.1 Å². The Morgan fingerprint density at radius 1 is 1.22 bits per heavy atom. The van der Waals surface area contributed by atoms with E-state index in [-0.39, 0.29) is 0 Å². The summed E-state index contributed by atoms with van der Waals surface area (Å²) in [6.07, 6.45) is 2.64. The first-order valence-corrected chi connectivity index (χ1v) is 7.33. The van der Waals surface area contributed by atoms with Crippen molar-refractivity contribution in [1.29, 1.82) is 0 Å². The summed E-state index contributed by atoms with van der Waals surface area (Å²) in [7, 11) is 0. The first kappa shape index (κ1) is 13.9. The van der Waals surface area contributed by atoms with Crippen LogP contribution in [0.1, 0.15) is 25.3 Å². The van der Waals surface area contributed by atoms with E-state index < -0.39 is 0 Å². The van der Waals surface area contributed by atoms with Gasteiger partial charge in [0.25, 0.3) is 0 Å². The van der Waals surface area contributed by atoms with E-state index in [0.29, 0.717) is 0 Å². The smallest absolute Gasteiger partial charge is 0.0406 e. The van der Waals surface area contributed by atoms with Crippen molar-refractivity contribution < 1.29 is 0 Å². The van der Waals surface area contributed by atoms with Gasteiger partial charge in [-0.2, -0.15) is 0 Å². The molecule has 2 nitrogen and oxygen atoms in total. The maximum atomic E-state index is 5.90. The van der Waals surface area contributed by atoms with Crippen molar-refractivity contribution >= 4 is 11.6 Å². The number of nitrogens with one attached hydrogen (secondary N) is 1. The molecule has 0 unspecified atom stereocenters. The Kier molecular flexibility index (Phi) is 5.48. The van der Waals surface area contributed by atoms with Gasteiger partial charge in [-0.25, -0.2) is 0 Å². The summed E-state index contributed by atoms with van der Waals surface area (Å²) >= 11 is 5.90. The van der Waals surface area contributed by atoms with E-state index in [1.165, 1.54) is 38.0 Å². The minimum atomic E-state index is 0.822. The third-order valence-corrected chi connectivity index (χ3v) is 3.96. The van der Waals surface area contributed by atoms with Gasteiger partial charge >= 0.3 is 0 Å². The number of hydrogen-bond acceptors (Lipinski definition) is 2. The topological polar surface area (TPSA) is 15.3 Å². The van der Waals surface area contributed by atoms with Crippen LogP contribution in [0.2, 0.25) is 5.02 Å². The number of hydrogen-bond donors (Lipinski definition) is 1. The van der Waals surface area contributed by atoms with Crippen LogP contribution in [0.15, 0.2) is 24.3 Å². The molecule has 0 atom stereocenters. The molecule has 0 aliphatic carbocycles. The highest BCUT2D eigenvalue weighted by Crippen LogP contribution is 2.19. The van der Waals surface area contributed by atoms with Crippen molar-refractivity contribution in [2.75, 3.05) is 26.2 Å². The van der Waals surface area contributed by atoms with Gasteiger partial charge in [-0.05, 0) is 62.6 Å². The quantitative estimate of drug-likeness (QED) is 0.881. The van der Waals surface area contributed by atoms with Crippen LogP contribution in [0, 0.1) is 5.92 Å². The second-order valence-electron chi connectivity index (χ2n) is 5.15. The first-order chi connectivity index (χ1) is 8.78. The van der Waals surface area contributed by atoms with Gasteiger partial charge in [0.15, 0.2) is 0 Å². The predicted molar refractivity (Wildman–Crippen MR) is 78.0 cm³/mol. The summed E-state index contributed by atoms with van der Waals surface area (Å²) < 4.78 is 0. The first-order valence-electron chi connectivity index (χ1n) is 6.95. The molecule has 1 aromatic rings. The molecule has 2 rings (SSSR count). The Bertz CT molecular complexity index is 342. The number of benzene rings is 1. The van der Waals surface area contributed by atoms with Crippen molar-refractivity contribution in [3.63, 3.8) is 0 Å². The molecule has 0 radical (unpaired) electrons. The van der Waals surface area contributed by atoms with Crippen molar-refractivity contribution in [2.24, 2.45) is 5.92 Å². The highest BCUT2D eigenvalue weighted by Gasteiger charge is 2.18. The number of nitrogens with zero attached hydrogens (tertiary/aromatic N) is 1. The van der Waals surface area contributed by atoms with Gasteiger partial charge in [0.1, 0.15) is 0 Å². The van der Waals surface area contributed by atoms with E-state index in [4.69, 9.17) is 11.6 Å². The Morgan fingerprint density at radius 2 is 1.89 bits per heavy atom. The monoisotopic (exact) mass is 266 g/mol. The lowest BCUT2D eigenvalue weighted by molar-refractivity contribution is 0.176. The molecule has 1 aliphatic rings. The Balaban J connectivity index is 1.74. The lowest BCUT2D eigenvalue weighted by atomic mass is 9.96. The zero-order chi connectivity index (χ0) is 12.8. The van der Waals surface area contributed by atoms with Gasteiger partial charge in [0, 0.05) is 11.6 Å². The molecule has 1 aromatic carbocycles. The van der Waals surface area contributed by atoms with Crippen molar-refractivity contribution in [1.82, 2.24) is 10.2 Å². The average molecular weight is 267 g/mol. The van der Waals surface area contributed by atoms with Crippen molar-refractivity contribution in [3.8, 4) is 0 Å². The third-order valence-electron chi connectivity index (χ3n) is 3.71. The number of piperidine rings is 1. The van der Waals surface area contributed by atoms with E-state index >= 15 is 0 Å². The number of halogens is 1. The zero-order valence-electron chi connectivity index (χ0n) is 11.2. The second kappa shape index (κ2) is 7.13. The zero-order valence-corrected chi connectivity index (χ0v) is 11.9. The molecular weight excluding hydrogens is 244 g/mol. The Labute approximate surface area is 115 Å². The van der Waals surface area contributed by atoms with Crippen molar-refractivity contribution in [3.05, 3.63) is 34.9 Å². The summed E-state index contributed by atoms with van der Waals surface area (Å²) in [5, 5.41) is 4.28. The van der Waals surface area contributed by atoms with Crippen LogP contribution in [0.25, 0.3) is 0 Å². The molecule has 0 bridgehead atoms. The molecule has 0 spiro atoms.